The second-order valence-electron chi connectivity index (χ2n) is 4.95. The van der Waals surface area contributed by atoms with Gasteiger partial charge in [0, 0.05) is 12.4 Å². The van der Waals surface area contributed by atoms with Gasteiger partial charge in [-0.1, -0.05) is 6.92 Å². The molecular formula is C15H28O8S. The lowest BCUT2D eigenvalue weighted by Crippen LogP contribution is -2.14. The standard InChI is InChI=1S/C15H28O8S/c1-13(15(18)19)12-24-10-2-3-20-4-5-21-6-7-22-8-9-23-11-14(16)17/h13H,2-12H2,1H3,(H,16,17)(H,18,19)/t13-/m0/s1. The summed E-state index contributed by atoms with van der Waals surface area (Å²) in [5, 5.41) is 17.1. The average Bonchev–Trinajstić information content (AvgIpc) is 2.53. The summed E-state index contributed by atoms with van der Waals surface area (Å²) < 4.78 is 20.7. The molecule has 0 radical (unpaired) electrons. The monoisotopic (exact) mass is 368 g/mol. The maximum Gasteiger partial charge on any atom is 0.329 e. The molecule has 1 atom stereocenters. The Labute approximate surface area is 146 Å². The predicted molar refractivity (Wildman–Crippen MR) is 89.7 cm³/mol. The van der Waals surface area contributed by atoms with E-state index < -0.39 is 11.9 Å². The molecule has 8 nitrogen and oxygen atoms in total. The van der Waals surface area contributed by atoms with Crippen LogP contribution in [0, 0.1) is 5.92 Å². The SMILES string of the molecule is C[C@@H](CSCCCOCCOCCOCCOCC(=O)O)C(=O)O. The Bertz CT molecular complexity index is 327. The molecule has 0 aliphatic rings. The summed E-state index contributed by atoms with van der Waals surface area (Å²) in [6, 6.07) is 0. The van der Waals surface area contributed by atoms with Gasteiger partial charge in [0.05, 0.1) is 45.6 Å². The molecule has 0 heterocycles. The molecule has 0 spiro atoms. The van der Waals surface area contributed by atoms with Crippen molar-refractivity contribution >= 4 is 23.7 Å². The van der Waals surface area contributed by atoms with E-state index in [-0.39, 0.29) is 19.1 Å². The van der Waals surface area contributed by atoms with Gasteiger partial charge in [0.15, 0.2) is 0 Å². The van der Waals surface area contributed by atoms with Crippen LogP contribution >= 0.6 is 11.8 Å². The Kier molecular flexibility index (Phi) is 16.4. The minimum Gasteiger partial charge on any atom is -0.481 e. The van der Waals surface area contributed by atoms with Crippen LogP contribution in [0.25, 0.3) is 0 Å². The third-order valence-corrected chi connectivity index (χ3v) is 4.02. The number of aliphatic carboxylic acids is 2. The molecule has 0 fully saturated rings. The first-order valence-corrected chi connectivity index (χ1v) is 9.02. The number of rotatable bonds is 18. The molecule has 0 rings (SSSR count). The van der Waals surface area contributed by atoms with Crippen LogP contribution in [-0.4, -0.2) is 86.5 Å². The average molecular weight is 368 g/mol. The molecule has 0 aromatic carbocycles. The van der Waals surface area contributed by atoms with Crippen molar-refractivity contribution in [2.24, 2.45) is 5.92 Å². The molecule has 0 saturated carbocycles. The number of carboxylic acid groups (broad SMARTS) is 2. The van der Waals surface area contributed by atoms with Gasteiger partial charge in [-0.25, -0.2) is 4.79 Å². The van der Waals surface area contributed by atoms with Crippen molar-refractivity contribution in [1.82, 2.24) is 0 Å². The van der Waals surface area contributed by atoms with Gasteiger partial charge in [-0.3, -0.25) is 4.79 Å². The topological polar surface area (TPSA) is 112 Å². The summed E-state index contributed by atoms with van der Waals surface area (Å²) in [6.07, 6.45) is 0.885. The van der Waals surface area contributed by atoms with E-state index >= 15 is 0 Å². The quantitative estimate of drug-likeness (QED) is 0.342. The summed E-state index contributed by atoms with van der Waals surface area (Å²) in [7, 11) is 0. The van der Waals surface area contributed by atoms with E-state index in [1.54, 1.807) is 18.7 Å². The highest BCUT2D eigenvalue weighted by Crippen LogP contribution is 2.09. The van der Waals surface area contributed by atoms with Gasteiger partial charge in [-0.15, -0.1) is 0 Å². The minimum absolute atomic E-state index is 0.249. The van der Waals surface area contributed by atoms with Gasteiger partial charge >= 0.3 is 11.9 Å². The van der Waals surface area contributed by atoms with Crippen LogP contribution in [0.1, 0.15) is 13.3 Å². The maximum absolute atomic E-state index is 10.6. The maximum atomic E-state index is 10.6. The molecule has 142 valence electrons. The van der Waals surface area contributed by atoms with Crippen molar-refractivity contribution in [2.75, 3.05) is 64.4 Å². The molecule has 0 aromatic heterocycles. The van der Waals surface area contributed by atoms with E-state index in [2.05, 4.69) is 0 Å². The zero-order valence-electron chi connectivity index (χ0n) is 14.1. The Balaban J connectivity index is 3.08. The number of carboxylic acids is 2. The predicted octanol–water partition coefficient (Wildman–Crippen LogP) is 0.981. The van der Waals surface area contributed by atoms with Crippen LogP contribution in [0.5, 0.6) is 0 Å². The first-order valence-electron chi connectivity index (χ1n) is 7.87. The number of ether oxygens (including phenoxy) is 4. The summed E-state index contributed by atoms with van der Waals surface area (Å²) in [4.78, 5) is 20.8. The fourth-order valence-electron chi connectivity index (χ4n) is 1.41. The van der Waals surface area contributed by atoms with Gasteiger partial charge in [-0.05, 0) is 12.2 Å². The molecule has 0 unspecified atom stereocenters. The fraction of sp³-hybridized carbons (Fsp3) is 0.867. The van der Waals surface area contributed by atoms with Crippen molar-refractivity contribution < 1.29 is 38.7 Å². The normalized spacial score (nSPS) is 12.2. The van der Waals surface area contributed by atoms with Crippen LogP contribution in [0.4, 0.5) is 0 Å². The lowest BCUT2D eigenvalue weighted by molar-refractivity contribution is -0.143. The number of carbonyl (C=O) groups is 2. The third kappa shape index (κ3) is 17.5. The summed E-state index contributed by atoms with van der Waals surface area (Å²) in [5.41, 5.74) is 0. The molecule has 2 N–H and O–H groups in total. The summed E-state index contributed by atoms with van der Waals surface area (Å²) in [6.45, 7) is 4.49. The minimum atomic E-state index is -0.994. The van der Waals surface area contributed by atoms with Crippen LogP contribution in [0.3, 0.4) is 0 Å². The molecule has 24 heavy (non-hydrogen) atoms. The van der Waals surface area contributed by atoms with Crippen molar-refractivity contribution in [3.8, 4) is 0 Å². The van der Waals surface area contributed by atoms with Crippen LogP contribution < -0.4 is 0 Å². The van der Waals surface area contributed by atoms with Crippen molar-refractivity contribution in [3.63, 3.8) is 0 Å². The fourth-order valence-corrected chi connectivity index (χ4v) is 2.40. The number of hydrogen-bond donors (Lipinski definition) is 2. The largest absolute Gasteiger partial charge is 0.481 e. The second kappa shape index (κ2) is 17.0. The molecular weight excluding hydrogens is 340 g/mol. The Morgan fingerprint density at radius 1 is 0.875 bits per heavy atom. The number of thioether (sulfide) groups is 1. The smallest absolute Gasteiger partial charge is 0.329 e. The second-order valence-corrected chi connectivity index (χ2v) is 6.10. The van der Waals surface area contributed by atoms with E-state index in [1.807, 2.05) is 0 Å². The van der Waals surface area contributed by atoms with Crippen LogP contribution in [0.2, 0.25) is 0 Å². The van der Waals surface area contributed by atoms with E-state index in [9.17, 15) is 9.59 Å². The highest BCUT2D eigenvalue weighted by molar-refractivity contribution is 7.99. The van der Waals surface area contributed by atoms with Gasteiger partial charge in [0.1, 0.15) is 6.61 Å². The lowest BCUT2D eigenvalue weighted by Gasteiger charge is -2.07. The molecule has 9 heteroatoms. The van der Waals surface area contributed by atoms with E-state index in [4.69, 9.17) is 29.2 Å². The molecule has 0 bridgehead atoms. The lowest BCUT2D eigenvalue weighted by atomic mass is 10.2. The van der Waals surface area contributed by atoms with E-state index in [0.29, 0.717) is 45.4 Å². The molecule has 0 aliphatic carbocycles. The zero-order valence-corrected chi connectivity index (χ0v) is 14.9. The highest BCUT2D eigenvalue weighted by Gasteiger charge is 2.09. The highest BCUT2D eigenvalue weighted by atomic mass is 32.2. The van der Waals surface area contributed by atoms with E-state index in [0.717, 1.165) is 12.2 Å². The Morgan fingerprint density at radius 2 is 1.38 bits per heavy atom. The number of hydrogen-bond acceptors (Lipinski definition) is 7. The Hall–Kier alpha value is -0.870. The van der Waals surface area contributed by atoms with Crippen LogP contribution in [0.15, 0.2) is 0 Å². The van der Waals surface area contributed by atoms with Gasteiger partial charge in [-0.2, -0.15) is 11.8 Å². The van der Waals surface area contributed by atoms with Gasteiger partial charge in [0.25, 0.3) is 0 Å². The van der Waals surface area contributed by atoms with Crippen LogP contribution in [-0.2, 0) is 28.5 Å². The summed E-state index contributed by atoms with van der Waals surface area (Å²) in [5.74, 6) is -0.551. The molecule has 0 aliphatic heterocycles. The van der Waals surface area contributed by atoms with Gasteiger partial charge in [0.2, 0.25) is 0 Å². The van der Waals surface area contributed by atoms with Crippen molar-refractivity contribution in [1.29, 1.82) is 0 Å². The van der Waals surface area contributed by atoms with E-state index in [1.165, 1.54) is 0 Å². The molecule has 0 amide bonds. The van der Waals surface area contributed by atoms with Gasteiger partial charge < -0.3 is 29.2 Å². The van der Waals surface area contributed by atoms with Crippen molar-refractivity contribution in [2.45, 2.75) is 13.3 Å². The Morgan fingerprint density at radius 3 is 1.88 bits per heavy atom. The van der Waals surface area contributed by atoms with Crippen molar-refractivity contribution in [3.05, 3.63) is 0 Å². The summed E-state index contributed by atoms with van der Waals surface area (Å²) >= 11 is 1.62. The first-order chi connectivity index (χ1) is 11.5. The molecule has 0 aromatic rings. The zero-order chi connectivity index (χ0) is 18.0. The third-order valence-electron chi connectivity index (χ3n) is 2.71. The molecule has 0 saturated heterocycles. The first kappa shape index (κ1) is 23.1.